The van der Waals surface area contributed by atoms with Gasteiger partial charge in [0.05, 0.1) is 17.6 Å². The Kier molecular flexibility index (Phi) is 4.99. The van der Waals surface area contributed by atoms with Gasteiger partial charge in [-0.15, -0.1) is 11.8 Å². The Morgan fingerprint density at radius 2 is 2.15 bits per heavy atom. The second-order valence-corrected chi connectivity index (χ2v) is 5.63. The molecular weight excluding hydrogens is 302 g/mol. The Morgan fingerprint density at radius 1 is 1.45 bits per heavy atom. The van der Waals surface area contributed by atoms with E-state index in [0.717, 1.165) is 4.90 Å². The number of nitrogens with zero attached hydrogens (tertiary/aromatic N) is 3. The van der Waals surface area contributed by atoms with Crippen LogP contribution in [0.15, 0.2) is 41.6 Å². The Labute approximate surface area is 124 Å². The summed E-state index contributed by atoms with van der Waals surface area (Å²) < 4.78 is 1.37. The topological polar surface area (TPSA) is 81.2 Å². The van der Waals surface area contributed by atoms with Crippen molar-refractivity contribution in [1.82, 2.24) is 9.78 Å². The van der Waals surface area contributed by atoms with Crippen LogP contribution in [0.1, 0.15) is 0 Å². The van der Waals surface area contributed by atoms with Gasteiger partial charge in [-0.2, -0.15) is 5.10 Å². The molecule has 0 amide bonds. The van der Waals surface area contributed by atoms with E-state index in [1.54, 1.807) is 12.1 Å². The van der Waals surface area contributed by atoms with E-state index < -0.39 is 11.0 Å². The molecule has 1 aromatic heterocycles. The maximum absolute atomic E-state index is 10.5. The van der Waals surface area contributed by atoms with Crippen LogP contribution in [0.5, 0.6) is 0 Å². The molecule has 1 heterocycles. The van der Waals surface area contributed by atoms with Gasteiger partial charge in [0.2, 0.25) is 0 Å². The van der Waals surface area contributed by atoms with Crippen molar-refractivity contribution in [3.63, 3.8) is 0 Å². The summed E-state index contributed by atoms with van der Waals surface area (Å²) >= 11 is 7.27. The summed E-state index contributed by atoms with van der Waals surface area (Å²) in [5.41, 5.74) is -0.0810. The molecule has 0 aliphatic carbocycles. The van der Waals surface area contributed by atoms with Crippen LogP contribution in [0.2, 0.25) is 5.02 Å². The molecule has 2 aromatic rings. The number of rotatable bonds is 6. The molecule has 1 atom stereocenters. The summed E-state index contributed by atoms with van der Waals surface area (Å²) in [7, 11) is 0. The average molecular weight is 314 g/mol. The van der Waals surface area contributed by atoms with Gasteiger partial charge in [0.15, 0.2) is 0 Å². The predicted molar refractivity (Wildman–Crippen MR) is 77.1 cm³/mol. The third-order valence-corrected chi connectivity index (χ3v) is 3.89. The minimum absolute atomic E-state index is 0.0810. The summed E-state index contributed by atoms with van der Waals surface area (Å²) in [4.78, 5) is 11.0. The number of aromatic nitrogens is 2. The molecule has 0 saturated carbocycles. The SMILES string of the molecule is O=[N+]([O-])c1cnn(CC(O)CSc2ccc(Cl)cc2)c1. The van der Waals surface area contributed by atoms with Crippen LogP contribution < -0.4 is 0 Å². The van der Waals surface area contributed by atoms with Crippen LogP contribution in [0.3, 0.4) is 0 Å². The zero-order chi connectivity index (χ0) is 14.5. The summed E-state index contributed by atoms with van der Waals surface area (Å²) in [5, 5.41) is 24.9. The van der Waals surface area contributed by atoms with Gasteiger partial charge in [-0.25, -0.2) is 0 Å². The lowest BCUT2D eigenvalue weighted by Crippen LogP contribution is -2.18. The summed E-state index contributed by atoms with van der Waals surface area (Å²) in [6.45, 7) is 0.217. The molecule has 0 aliphatic rings. The molecule has 0 aliphatic heterocycles. The van der Waals surface area contributed by atoms with E-state index >= 15 is 0 Å². The van der Waals surface area contributed by atoms with Crippen molar-refractivity contribution in [3.05, 3.63) is 51.8 Å². The highest BCUT2D eigenvalue weighted by Crippen LogP contribution is 2.21. The molecule has 1 aromatic carbocycles. The molecule has 106 valence electrons. The standard InChI is InChI=1S/C12H12ClN3O3S/c13-9-1-3-12(4-2-9)20-8-11(17)7-15-6-10(5-14-15)16(18)19/h1-6,11,17H,7-8H2. The lowest BCUT2D eigenvalue weighted by molar-refractivity contribution is -0.385. The van der Waals surface area contributed by atoms with Gasteiger partial charge in [0.25, 0.3) is 0 Å². The van der Waals surface area contributed by atoms with Crippen LogP contribution in [0, 0.1) is 10.1 Å². The van der Waals surface area contributed by atoms with E-state index in [0.29, 0.717) is 10.8 Å². The first-order chi connectivity index (χ1) is 9.54. The smallest absolute Gasteiger partial charge is 0.306 e. The molecule has 1 unspecified atom stereocenters. The molecule has 0 fully saturated rings. The molecule has 20 heavy (non-hydrogen) atoms. The number of hydrogen-bond donors (Lipinski definition) is 1. The fourth-order valence-corrected chi connectivity index (χ4v) is 2.48. The van der Waals surface area contributed by atoms with Gasteiger partial charge in [-0.1, -0.05) is 11.6 Å². The fourth-order valence-electron chi connectivity index (χ4n) is 1.54. The number of benzene rings is 1. The molecule has 0 radical (unpaired) electrons. The first-order valence-electron chi connectivity index (χ1n) is 5.78. The fraction of sp³-hybridized carbons (Fsp3) is 0.250. The molecule has 6 nitrogen and oxygen atoms in total. The van der Waals surface area contributed by atoms with Gasteiger partial charge < -0.3 is 5.11 Å². The van der Waals surface area contributed by atoms with Crippen molar-refractivity contribution in [2.75, 3.05) is 5.75 Å². The molecule has 0 saturated heterocycles. The quantitative estimate of drug-likeness (QED) is 0.503. The lowest BCUT2D eigenvalue weighted by Gasteiger charge is -2.10. The first kappa shape index (κ1) is 14.8. The highest BCUT2D eigenvalue weighted by atomic mass is 35.5. The number of aliphatic hydroxyl groups excluding tert-OH is 1. The summed E-state index contributed by atoms with van der Waals surface area (Å²) in [6.07, 6.45) is 1.82. The molecule has 8 heteroatoms. The molecular formula is C12H12ClN3O3S. The normalized spacial score (nSPS) is 12.3. The highest BCUT2D eigenvalue weighted by Gasteiger charge is 2.12. The maximum atomic E-state index is 10.5. The van der Waals surface area contributed by atoms with E-state index in [-0.39, 0.29) is 12.2 Å². The first-order valence-corrected chi connectivity index (χ1v) is 7.14. The van der Waals surface area contributed by atoms with Gasteiger partial charge in [0, 0.05) is 15.7 Å². The third kappa shape index (κ3) is 4.22. The highest BCUT2D eigenvalue weighted by molar-refractivity contribution is 7.99. The van der Waals surface area contributed by atoms with Crippen molar-refractivity contribution < 1.29 is 10.0 Å². The summed E-state index contributed by atoms with van der Waals surface area (Å²) in [5.74, 6) is 0.468. The lowest BCUT2D eigenvalue weighted by atomic mass is 10.4. The second kappa shape index (κ2) is 6.74. The Bertz CT molecular complexity index is 588. The molecule has 2 rings (SSSR count). The van der Waals surface area contributed by atoms with Crippen LogP contribution in [-0.2, 0) is 6.54 Å². The van der Waals surface area contributed by atoms with Crippen LogP contribution in [0.4, 0.5) is 5.69 Å². The third-order valence-electron chi connectivity index (χ3n) is 2.48. The van der Waals surface area contributed by atoms with E-state index in [1.165, 1.54) is 28.8 Å². The number of halogens is 1. The minimum Gasteiger partial charge on any atom is -0.390 e. The average Bonchev–Trinajstić information content (AvgIpc) is 2.87. The number of aliphatic hydroxyl groups is 1. The molecule has 0 bridgehead atoms. The van der Waals surface area contributed by atoms with Crippen molar-refractivity contribution >= 4 is 29.1 Å². The van der Waals surface area contributed by atoms with Gasteiger partial charge in [0.1, 0.15) is 12.4 Å². The van der Waals surface area contributed by atoms with Crippen LogP contribution >= 0.6 is 23.4 Å². The van der Waals surface area contributed by atoms with Crippen LogP contribution in [-0.4, -0.2) is 31.7 Å². The Balaban J connectivity index is 1.84. The Hall–Kier alpha value is -1.57. The van der Waals surface area contributed by atoms with Crippen molar-refractivity contribution in [2.24, 2.45) is 0 Å². The number of nitro groups is 1. The van der Waals surface area contributed by atoms with E-state index in [9.17, 15) is 15.2 Å². The monoisotopic (exact) mass is 313 g/mol. The van der Waals surface area contributed by atoms with E-state index in [2.05, 4.69) is 5.10 Å². The van der Waals surface area contributed by atoms with Gasteiger partial charge in [-0.3, -0.25) is 14.8 Å². The summed E-state index contributed by atoms with van der Waals surface area (Å²) in [6, 6.07) is 7.32. The van der Waals surface area contributed by atoms with E-state index in [1.807, 2.05) is 12.1 Å². The molecule has 0 spiro atoms. The zero-order valence-electron chi connectivity index (χ0n) is 10.3. The van der Waals surface area contributed by atoms with Gasteiger partial charge in [-0.05, 0) is 24.3 Å². The number of thioether (sulfide) groups is 1. The largest absolute Gasteiger partial charge is 0.390 e. The zero-order valence-corrected chi connectivity index (χ0v) is 11.9. The minimum atomic E-state index is -0.643. The maximum Gasteiger partial charge on any atom is 0.306 e. The predicted octanol–water partition coefficient (Wildman–Crippen LogP) is 2.60. The van der Waals surface area contributed by atoms with Crippen LogP contribution in [0.25, 0.3) is 0 Å². The van der Waals surface area contributed by atoms with Crippen molar-refractivity contribution in [3.8, 4) is 0 Å². The van der Waals surface area contributed by atoms with Gasteiger partial charge >= 0.3 is 5.69 Å². The van der Waals surface area contributed by atoms with Crippen molar-refractivity contribution in [2.45, 2.75) is 17.5 Å². The second-order valence-electron chi connectivity index (χ2n) is 4.10. The van der Waals surface area contributed by atoms with Crippen molar-refractivity contribution in [1.29, 1.82) is 0 Å². The molecule has 1 N–H and O–H groups in total. The van der Waals surface area contributed by atoms with E-state index in [4.69, 9.17) is 11.6 Å². The number of hydrogen-bond acceptors (Lipinski definition) is 5. The Morgan fingerprint density at radius 3 is 2.75 bits per heavy atom.